The van der Waals surface area contributed by atoms with E-state index < -0.39 is 26.1 Å². The maximum absolute atomic E-state index is 14.2. The molecule has 2 N–H and O–H groups in total. The van der Waals surface area contributed by atoms with Gasteiger partial charge in [0.2, 0.25) is 26.0 Å². The normalized spacial score (nSPS) is 17.4. The molecule has 0 spiro atoms. The molecule has 1 saturated carbocycles. The number of rotatable bonds is 11. The van der Waals surface area contributed by atoms with Crippen molar-refractivity contribution >= 4 is 70.7 Å². The van der Waals surface area contributed by atoms with Crippen LogP contribution in [-0.2, 0) is 37.8 Å². The van der Waals surface area contributed by atoms with Crippen molar-refractivity contribution in [2.24, 2.45) is 0 Å². The van der Waals surface area contributed by atoms with E-state index in [0.717, 1.165) is 83.2 Å². The molecule has 2 aliphatic rings. The fraction of sp³-hybridized carbons (Fsp3) is 0.325. The van der Waals surface area contributed by atoms with Crippen molar-refractivity contribution in [1.82, 2.24) is 14.3 Å². The van der Waals surface area contributed by atoms with Gasteiger partial charge in [0.25, 0.3) is 0 Å². The summed E-state index contributed by atoms with van der Waals surface area (Å²) in [6.45, 7) is 1.94. The summed E-state index contributed by atoms with van der Waals surface area (Å²) < 4.78 is 59.1. The van der Waals surface area contributed by atoms with Crippen molar-refractivity contribution in [2.75, 3.05) is 0 Å². The number of carbonyl (C=O) groups is 1. The van der Waals surface area contributed by atoms with Gasteiger partial charge < -0.3 is 5.32 Å². The van der Waals surface area contributed by atoms with E-state index in [2.05, 4.69) is 16.1 Å². The first kappa shape index (κ1) is 36.8. The number of carbonyl (C=O) groups excluding carboxylic acids is 1. The van der Waals surface area contributed by atoms with Crippen LogP contribution in [0.5, 0.6) is 0 Å². The first-order valence-corrected chi connectivity index (χ1v) is 21.4. The Hall–Kier alpha value is -3.51. The maximum atomic E-state index is 14.2. The highest BCUT2D eigenvalue weighted by molar-refractivity contribution is 7.89. The highest BCUT2D eigenvalue weighted by Gasteiger charge is 2.34. The van der Waals surface area contributed by atoms with Crippen molar-refractivity contribution in [3.8, 4) is 0 Å². The molecule has 0 saturated heterocycles. The van der Waals surface area contributed by atoms with Crippen LogP contribution in [0.1, 0.15) is 74.6 Å². The van der Waals surface area contributed by atoms with Crippen LogP contribution in [0, 0.1) is 0 Å². The largest absolute Gasteiger partial charge is 0.349 e. The molecule has 2 atom stereocenters. The third-order valence-electron chi connectivity index (χ3n) is 10.2. The van der Waals surface area contributed by atoms with Crippen LogP contribution in [0.3, 0.4) is 0 Å². The number of halogens is 2. The molecule has 0 radical (unpaired) electrons. The van der Waals surface area contributed by atoms with Crippen molar-refractivity contribution in [3.05, 3.63) is 118 Å². The summed E-state index contributed by atoms with van der Waals surface area (Å²) in [5.74, 6) is -0.249. The zero-order chi connectivity index (χ0) is 36.6. The van der Waals surface area contributed by atoms with Crippen LogP contribution in [0.25, 0.3) is 21.5 Å². The third kappa shape index (κ3) is 8.02. The Morgan fingerprint density at radius 1 is 0.750 bits per heavy atom. The van der Waals surface area contributed by atoms with Crippen LogP contribution in [-0.4, -0.2) is 39.1 Å². The summed E-state index contributed by atoms with van der Waals surface area (Å²) in [6.07, 6.45) is 6.07. The molecular weight excluding hydrogens is 737 g/mol. The number of hydrogen-bond acceptors (Lipinski definition) is 5. The highest BCUT2D eigenvalue weighted by Crippen LogP contribution is 2.35. The first-order valence-electron chi connectivity index (χ1n) is 17.7. The van der Waals surface area contributed by atoms with Crippen LogP contribution >= 0.6 is 23.2 Å². The highest BCUT2D eigenvalue weighted by atomic mass is 35.5. The van der Waals surface area contributed by atoms with Crippen molar-refractivity contribution in [1.29, 1.82) is 0 Å². The molecule has 8 nitrogen and oxygen atoms in total. The molecule has 0 unspecified atom stereocenters. The zero-order valence-electron chi connectivity index (χ0n) is 28.8. The molecule has 1 amide bonds. The molecule has 0 aromatic heterocycles. The van der Waals surface area contributed by atoms with Gasteiger partial charge in [-0.05, 0) is 126 Å². The number of nitrogens with zero attached hydrogens (tertiary/aromatic N) is 1. The van der Waals surface area contributed by atoms with Crippen LogP contribution in [0.2, 0.25) is 10.0 Å². The second-order valence-electron chi connectivity index (χ2n) is 14.1. The van der Waals surface area contributed by atoms with Gasteiger partial charge in [0, 0.05) is 35.1 Å². The van der Waals surface area contributed by atoms with Crippen LogP contribution < -0.4 is 10.0 Å². The molecule has 0 bridgehead atoms. The molecule has 12 heteroatoms. The van der Waals surface area contributed by atoms with Gasteiger partial charge in [-0.3, -0.25) is 4.79 Å². The van der Waals surface area contributed by atoms with E-state index >= 15 is 0 Å². The minimum Gasteiger partial charge on any atom is -0.349 e. The predicted molar refractivity (Wildman–Crippen MR) is 208 cm³/mol. The van der Waals surface area contributed by atoms with E-state index in [-0.39, 0.29) is 40.7 Å². The van der Waals surface area contributed by atoms with E-state index in [1.54, 1.807) is 59.8 Å². The molecule has 272 valence electrons. The molecule has 0 heterocycles. The Morgan fingerprint density at radius 3 is 2.02 bits per heavy atom. The van der Waals surface area contributed by atoms with Gasteiger partial charge in [-0.15, -0.1) is 0 Å². The Balaban J connectivity index is 1.03. The smallest absolute Gasteiger partial charge is 0.243 e. The summed E-state index contributed by atoms with van der Waals surface area (Å²) >= 11 is 12.2. The summed E-state index contributed by atoms with van der Waals surface area (Å²) in [5, 5.41) is 7.60. The Labute approximate surface area is 315 Å². The van der Waals surface area contributed by atoms with Crippen LogP contribution in [0.4, 0.5) is 0 Å². The summed E-state index contributed by atoms with van der Waals surface area (Å²) in [5.41, 5.74) is 3.01. The van der Waals surface area contributed by atoms with Crippen molar-refractivity contribution in [3.63, 3.8) is 0 Å². The second kappa shape index (κ2) is 15.1. The fourth-order valence-electron chi connectivity index (χ4n) is 7.66. The Morgan fingerprint density at radius 2 is 1.35 bits per heavy atom. The SMILES string of the molecule is C[C@@H](CC(=O)N[C@@H]1CCCc2cc(CN(C3CCCC3)S(=O)(=O)c3ccc4cc(Cl)ccc4c3)ccc21)NS(=O)(=O)c1ccc2cc(Cl)ccc2c1. The summed E-state index contributed by atoms with van der Waals surface area (Å²) in [6, 6.07) is 25.9. The van der Waals surface area contributed by atoms with E-state index in [9.17, 15) is 21.6 Å². The fourth-order valence-corrected chi connectivity index (χ4v) is 11.0. The minimum absolute atomic E-state index is 0.0254. The lowest BCUT2D eigenvalue weighted by atomic mass is 9.86. The summed E-state index contributed by atoms with van der Waals surface area (Å²) in [4.78, 5) is 13.6. The van der Waals surface area contributed by atoms with Gasteiger partial charge in [-0.2, -0.15) is 4.31 Å². The lowest BCUT2D eigenvalue weighted by molar-refractivity contribution is -0.122. The average molecular weight is 779 g/mol. The van der Waals surface area contributed by atoms with E-state index in [4.69, 9.17) is 23.2 Å². The minimum atomic E-state index is -3.86. The van der Waals surface area contributed by atoms with Crippen LogP contribution in [0.15, 0.2) is 101 Å². The molecule has 52 heavy (non-hydrogen) atoms. The molecule has 2 aliphatic carbocycles. The second-order valence-corrected chi connectivity index (χ2v) is 18.5. The number of fused-ring (bicyclic) bond motifs is 3. The number of sulfonamides is 2. The van der Waals surface area contributed by atoms with E-state index in [0.29, 0.717) is 10.0 Å². The molecule has 1 fully saturated rings. The number of benzene rings is 5. The number of nitrogens with one attached hydrogen (secondary N) is 2. The van der Waals surface area contributed by atoms with Gasteiger partial charge in [0.05, 0.1) is 15.8 Å². The van der Waals surface area contributed by atoms with Gasteiger partial charge in [0.15, 0.2) is 0 Å². The molecule has 0 aliphatic heterocycles. The monoisotopic (exact) mass is 777 g/mol. The van der Waals surface area contributed by atoms with Gasteiger partial charge in [-0.1, -0.05) is 78.5 Å². The average Bonchev–Trinajstić information content (AvgIpc) is 3.64. The lowest BCUT2D eigenvalue weighted by Crippen LogP contribution is -2.39. The van der Waals surface area contributed by atoms with Gasteiger partial charge in [0.1, 0.15) is 0 Å². The standard InChI is InChI=1S/C40H41Cl2N3O5S2/c1-26(44-51(47,48)36-16-12-28-21-33(41)14-10-30(28)23-36)19-40(46)43-39-8-4-5-32-20-27(9-18-38(32)39)25-45(35-6-2-3-7-35)52(49,50)37-17-13-29-22-34(42)15-11-31(29)24-37/h9-18,20-24,26,35,39,44H,2-8,19,25H2,1H3,(H,43,46)/t26-,39+/m0/s1. The molecular formula is C40H41Cl2N3O5S2. The Kier molecular flexibility index (Phi) is 10.7. The summed E-state index contributed by atoms with van der Waals surface area (Å²) in [7, 11) is -7.66. The number of aryl methyl sites for hydroxylation is 1. The molecule has 5 aromatic carbocycles. The van der Waals surface area contributed by atoms with E-state index in [1.807, 2.05) is 30.3 Å². The third-order valence-corrected chi connectivity index (χ3v) is 14.2. The Bertz CT molecular complexity index is 2380. The van der Waals surface area contributed by atoms with Gasteiger partial charge >= 0.3 is 0 Å². The van der Waals surface area contributed by atoms with Crippen molar-refractivity contribution in [2.45, 2.75) is 92.8 Å². The topological polar surface area (TPSA) is 113 Å². The lowest BCUT2D eigenvalue weighted by Gasteiger charge is -2.30. The van der Waals surface area contributed by atoms with Crippen molar-refractivity contribution < 1.29 is 21.6 Å². The quantitative estimate of drug-likeness (QED) is 0.139. The maximum Gasteiger partial charge on any atom is 0.243 e. The molecule has 7 rings (SSSR count). The van der Waals surface area contributed by atoms with Gasteiger partial charge in [-0.25, -0.2) is 21.6 Å². The number of amides is 1. The first-order chi connectivity index (χ1) is 24.9. The molecule has 5 aromatic rings. The predicted octanol–water partition coefficient (Wildman–Crippen LogP) is 8.68. The van der Waals surface area contributed by atoms with E-state index in [1.165, 1.54) is 6.07 Å². The number of hydrogen-bond donors (Lipinski definition) is 2. The zero-order valence-corrected chi connectivity index (χ0v) is 32.0.